The summed E-state index contributed by atoms with van der Waals surface area (Å²) in [6.45, 7) is 0. The summed E-state index contributed by atoms with van der Waals surface area (Å²) in [4.78, 5) is 23.4. The molecule has 2 aromatic carbocycles. The van der Waals surface area contributed by atoms with Crippen LogP contribution in [0.25, 0.3) is 0 Å². The lowest BCUT2D eigenvalue weighted by atomic mass is 10.0. The zero-order valence-electron chi connectivity index (χ0n) is 13.0. The second kappa shape index (κ2) is 7.09. The lowest BCUT2D eigenvalue weighted by molar-refractivity contribution is -0.117. The van der Waals surface area contributed by atoms with Crippen molar-refractivity contribution in [3.8, 4) is 0 Å². The van der Waals surface area contributed by atoms with Crippen LogP contribution < -0.4 is 10.6 Å². The van der Waals surface area contributed by atoms with Gasteiger partial charge in [0.05, 0.1) is 0 Å². The Morgan fingerprint density at radius 2 is 1.91 bits per heavy atom. The van der Waals surface area contributed by atoms with Crippen LogP contribution >= 0.6 is 0 Å². The number of nitrogens with one attached hydrogen (secondary N) is 2. The Bertz CT molecular complexity index is 711. The number of rotatable bonds is 5. The first kappa shape index (κ1) is 15.3. The van der Waals surface area contributed by atoms with Crippen LogP contribution in [-0.4, -0.2) is 11.8 Å². The van der Waals surface area contributed by atoms with Crippen molar-refractivity contribution in [3.63, 3.8) is 0 Å². The van der Waals surface area contributed by atoms with Gasteiger partial charge in [-0.3, -0.25) is 9.59 Å². The van der Waals surface area contributed by atoms with Crippen molar-refractivity contribution in [2.45, 2.75) is 32.1 Å². The molecule has 4 heteroatoms. The normalized spacial score (nSPS) is 13.1. The van der Waals surface area contributed by atoms with Crippen LogP contribution in [-0.2, 0) is 22.4 Å². The first-order valence-electron chi connectivity index (χ1n) is 7.97. The topological polar surface area (TPSA) is 58.2 Å². The van der Waals surface area contributed by atoms with E-state index in [2.05, 4.69) is 22.8 Å². The van der Waals surface area contributed by atoms with Crippen LogP contribution in [0.5, 0.6) is 0 Å². The smallest absolute Gasteiger partial charge is 0.224 e. The molecule has 0 aromatic heterocycles. The Balaban J connectivity index is 1.51. The van der Waals surface area contributed by atoms with Crippen molar-refractivity contribution < 1.29 is 9.59 Å². The molecule has 4 nitrogen and oxygen atoms in total. The number of anilines is 2. The van der Waals surface area contributed by atoms with E-state index in [9.17, 15) is 9.59 Å². The van der Waals surface area contributed by atoms with Crippen molar-refractivity contribution in [1.82, 2.24) is 0 Å². The summed E-state index contributed by atoms with van der Waals surface area (Å²) in [7, 11) is 0. The molecule has 1 heterocycles. The fourth-order valence-electron chi connectivity index (χ4n) is 2.78. The minimum Gasteiger partial charge on any atom is -0.326 e. The third kappa shape index (κ3) is 4.19. The van der Waals surface area contributed by atoms with Gasteiger partial charge < -0.3 is 10.6 Å². The summed E-state index contributed by atoms with van der Waals surface area (Å²) >= 11 is 0. The van der Waals surface area contributed by atoms with Crippen LogP contribution in [0, 0.1) is 0 Å². The molecule has 0 spiro atoms. The average molecular weight is 308 g/mol. The molecular formula is C19H20N2O2. The van der Waals surface area contributed by atoms with Crippen LogP contribution in [0.3, 0.4) is 0 Å². The van der Waals surface area contributed by atoms with Gasteiger partial charge in [-0.25, -0.2) is 0 Å². The molecule has 0 saturated heterocycles. The van der Waals surface area contributed by atoms with Crippen molar-refractivity contribution in [1.29, 1.82) is 0 Å². The predicted molar refractivity (Wildman–Crippen MR) is 91.4 cm³/mol. The summed E-state index contributed by atoms with van der Waals surface area (Å²) in [5.41, 5.74) is 3.98. The van der Waals surface area contributed by atoms with Crippen molar-refractivity contribution in [2.75, 3.05) is 10.6 Å². The molecule has 3 rings (SSSR count). The molecule has 0 saturated carbocycles. The minimum absolute atomic E-state index is 0.0285. The Morgan fingerprint density at radius 3 is 2.74 bits per heavy atom. The van der Waals surface area contributed by atoms with E-state index in [0.717, 1.165) is 36.2 Å². The quantitative estimate of drug-likeness (QED) is 0.887. The molecule has 23 heavy (non-hydrogen) atoms. The lowest BCUT2D eigenvalue weighted by Gasteiger charge is -2.17. The maximum atomic E-state index is 12.0. The first-order valence-corrected chi connectivity index (χ1v) is 7.97. The predicted octanol–water partition coefficient (Wildman–Crippen LogP) is 3.53. The third-order valence-corrected chi connectivity index (χ3v) is 4.00. The van der Waals surface area contributed by atoms with Gasteiger partial charge in [-0.05, 0) is 48.6 Å². The number of carbonyl (C=O) groups is 2. The molecular weight excluding hydrogens is 288 g/mol. The highest BCUT2D eigenvalue weighted by Crippen LogP contribution is 2.25. The Kier molecular flexibility index (Phi) is 4.71. The van der Waals surface area contributed by atoms with Crippen LogP contribution in [0.2, 0.25) is 0 Å². The number of aryl methyl sites for hydroxylation is 2. The number of hydrogen-bond donors (Lipinski definition) is 2. The standard InChI is InChI=1S/C19H20N2O2/c22-18(8-4-7-14-5-2-1-3-6-14)20-16-10-11-17-15(13-16)9-12-19(23)21-17/h1-3,5-6,10-11,13H,4,7-9,12H2,(H,20,22)(H,21,23). The van der Waals surface area contributed by atoms with Gasteiger partial charge >= 0.3 is 0 Å². The van der Waals surface area contributed by atoms with Crippen molar-refractivity contribution in [2.24, 2.45) is 0 Å². The van der Waals surface area contributed by atoms with Gasteiger partial charge in [-0.1, -0.05) is 30.3 Å². The number of fused-ring (bicyclic) bond motifs is 1. The highest BCUT2D eigenvalue weighted by Gasteiger charge is 2.15. The number of benzene rings is 2. The summed E-state index contributed by atoms with van der Waals surface area (Å²) in [6, 6.07) is 15.8. The summed E-state index contributed by atoms with van der Waals surface area (Å²) in [6.07, 6.45) is 3.46. The van der Waals surface area contributed by atoms with Gasteiger partial charge in [-0.15, -0.1) is 0 Å². The summed E-state index contributed by atoms with van der Waals surface area (Å²) < 4.78 is 0. The van der Waals surface area contributed by atoms with Crippen molar-refractivity contribution >= 4 is 23.2 Å². The van der Waals surface area contributed by atoms with Gasteiger partial charge in [0.2, 0.25) is 11.8 Å². The molecule has 0 unspecified atom stereocenters. The maximum absolute atomic E-state index is 12.0. The molecule has 2 N–H and O–H groups in total. The molecule has 1 aliphatic heterocycles. The van der Waals surface area contributed by atoms with Crippen LogP contribution in [0.15, 0.2) is 48.5 Å². The molecule has 2 aromatic rings. The van der Waals surface area contributed by atoms with Gasteiger partial charge in [0.15, 0.2) is 0 Å². The van der Waals surface area contributed by atoms with Gasteiger partial charge in [0.1, 0.15) is 0 Å². The number of amides is 2. The minimum atomic E-state index is 0.0285. The molecule has 0 aliphatic carbocycles. The third-order valence-electron chi connectivity index (χ3n) is 4.00. The second-order valence-corrected chi connectivity index (χ2v) is 5.81. The first-order chi connectivity index (χ1) is 11.2. The van der Waals surface area contributed by atoms with E-state index >= 15 is 0 Å². The van der Waals surface area contributed by atoms with Crippen LogP contribution in [0.1, 0.15) is 30.4 Å². The van der Waals surface area contributed by atoms with E-state index in [1.54, 1.807) is 0 Å². The zero-order chi connectivity index (χ0) is 16.1. The molecule has 0 atom stereocenters. The molecule has 0 bridgehead atoms. The molecule has 0 fully saturated rings. The number of carbonyl (C=O) groups excluding carboxylic acids is 2. The zero-order valence-corrected chi connectivity index (χ0v) is 13.0. The summed E-state index contributed by atoms with van der Waals surface area (Å²) in [5, 5.41) is 5.78. The van der Waals surface area contributed by atoms with Gasteiger partial charge in [0, 0.05) is 24.2 Å². The molecule has 2 amide bonds. The Hall–Kier alpha value is -2.62. The molecule has 118 valence electrons. The van der Waals surface area contributed by atoms with Crippen molar-refractivity contribution in [3.05, 3.63) is 59.7 Å². The monoisotopic (exact) mass is 308 g/mol. The lowest BCUT2D eigenvalue weighted by Crippen LogP contribution is -2.19. The number of hydrogen-bond acceptors (Lipinski definition) is 2. The maximum Gasteiger partial charge on any atom is 0.224 e. The highest BCUT2D eigenvalue weighted by atomic mass is 16.2. The van der Waals surface area contributed by atoms with E-state index < -0.39 is 0 Å². The Morgan fingerprint density at radius 1 is 1.09 bits per heavy atom. The van der Waals surface area contributed by atoms with E-state index in [4.69, 9.17) is 0 Å². The molecule has 1 aliphatic rings. The van der Waals surface area contributed by atoms with E-state index in [-0.39, 0.29) is 11.8 Å². The van der Waals surface area contributed by atoms with E-state index in [0.29, 0.717) is 12.8 Å². The van der Waals surface area contributed by atoms with Gasteiger partial charge in [0.25, 0.3) is 0 Å². The van der Waals surface area contributed by atoms with Crippen LogP contribution in [0.4, 0.5) is 11.4 Å². The molecule has 0 radical (unpaired) electrons. The largest absolute Gasteiger partial charge is 0.326 e. The van der Waals surface area contributed by atoms with Gasteiger partial charge in [-0.2, -0.15) is 0 Å². The highest BCUT2D eigenvalue weighted by molar-refractivity contribution is 5.95. The van der Waals surface area contributed by atoms with E-state index in [1.807, 2.05) is 36.4 Å². The Labute approximate surface area is 135 Å². The van der Waals surface area contributed by atoms with E-state index in [1.165, 1.54) is 5.56 Å². The average Bonchev–Trinajstić information content (AvgIpc) is 2.56. The second-order valence-electron chi connectivity index (χ2n) is 5.81. The fraction of sp³-hybridized carbons (Fsp3) is 0.263. The fourth-order valence-corrected chi connectivity index (χ4v) is 2.78. The SMILES string of the molecule is O=C(CCCc1ccccc1)Nc1ccc2c(c1)CCC(=O)N2. The summed E-state index contributed by atoms with van der Waals surface area (Å²) in [5.74, 6) is 0.0796.